The number of amides is 2. The molecular weight excluding hydrogens is 450 g/mol. The summed E-state index contributed by atoms with van der Waals surface area (Å²) in [6, 6.07) is 21.9. The zero-order chi connectivity index (χ0) is 20.2. The quantitative estimate of drug-likeness (QED) is 0.423. The Labute approximate surface area is 179 Å². The Morgan fingerprint density at radius 3 is 2.34 bits per heavy atom. The molecule has 4 aromatic rings. The number of anilines is 1. The van der Waals surface area contributed by atoms with E-state index < -0.39 is 0 Å². The summed E-state index contributed by atoms with van der Waals surface area (Å²) < 4.78 is 1.77. The molecule has 144 valence electrons. The third kappa shape index (κ3) is 4.36. The molecule has 0 radical (unpaired) electrons. The molecule has 1 aromatic heterocycles. The van der Waals surface area contributed by atoms with Gasteiger partial charge >= 0.3 is 0 Å². The number of halogens is 1. The van der Waals surface area contributed by atoms with Crippen LogP contribution in [0.4, 0.5) is 5.69 Å². The summed E-state index contributed by atoms with van der Waals surface area (Å²) in [4.78, 5) is 29.9. The van der Waals surface area contributed by atoms with Crippen LogP contribution in [0.15, 0.2) is 77.3 Å². The first-order valence-corrected chi connectivity index (χ1v) is 10.5. The molecule has 0 unspecified atom stereocenters. The summed E-state index contributed by atoms with van der Waals surface area (Å²) in [6.45, 7) is 0.324. The molecule has 0 aliphatic heterocycles. The van der Waals surface area contributed by atoms with E-state index in [2.05, 4.69) is 31.5 Å². The van der Waals surface area contributed by atoms with Crippen LogP contribution in [0.25, 0.3) is 10.2 Å². The zero-order valence-corrected chi connectivity index (χ0v) is 17.6. The fourth-order valence-corrected chi connectivity index (χ4v) is 4.24. The molecule has 5 nitrogen and oxygen atoms in total. The number of rotatable bonds is 5. The summed E-state index contributed by atoms with van der Waals surface area (Å²) in [7, 11) is 0. The van der Waals surface area contributed by atoms with Crippen molar-refractivity contribution in [1.29, 1.82) is 0 Å². The Bertz CT molecular complexity index is 1170. The molecular formula is C22H16BrN3O2S. The molecule has 0 spiro atoms. The summed E-state index contributed by atoms with van der Waals surface area (Å²) in [5.41, 5.74) is 2.27. The van der Waals surface area contributed by atoms with E-state index >= 15 is 0 Å². The van der Waals surface area contributed by atoms with Crippen LogP contribution in [-0.4, -0.2) is 16.8 Å². The summed E-state index contributed by atoms with van der Waals surface area (Å²) in [5, 5.41) is 6.54. The standard InChI is InChI=1S/C22H16BrN3O2S/c23-16-9-3-1-7-14(16)22(28)26-17-10-4-2-8-15(17)21(27)24-13-20-25-18-11-5-6-12-19(18)29-20/h1-12H,13H2,(H,24,27)(H,26,28). The van der Waals surface area contributed by atoms with Crippen molar-refractivity contribution < 1.29 is 9.59 Å². The molecule has 0 aliphatic rings. The van der Waals surface area contributed by atoms with E-state index in [1.165, 1.54) is 0 Å². The van der Waals surface area contributed by atoms with Crippen LogP contribution in [0, 0.1) is 0 Å². The van der Waals surface area contributed by atoms with Gasteiger partial charge in [-0.2, -0.15) is 0 Å². The minimum atomic E-state index is -0.288. The fourth-order valence-electron chi connectivity index (χ4n) is 2.87. The smallest absolute Gasteiger partial charge is 0.256 e. The Kier molecular flexibility index (Phi) is 5.69. The van der Waals surface area contributed by atoms with E-state index in [9.17, 15) is 9.59 Å². The van der Waals surface area contributed by atoms with E-state index in [0.29, 0.717) is 27.8 Å². The van der Waals surface area contributed by atoms with Gasteiger partial charge in [0.2, 0.25) is 0 Å². The van der Waals surface area contributed by atoms with Crippen LogP contribution >= 0.6 is 27.3 Å². The predicted molar refractivity (Wildman–Crippen MR) is 119 cm³/mol. The number of hydrogen-bond acceptors (Lipinski definition) is 4. The van der Waals surface area contributed by atoms with Gasteiger partial charge in [-0.3, -0.25) is 9.59 Å². The van der Waals surface area contributed by atoms with Crippen LogP contribution in [0.5, 0.6) is 0 Å². The van der Waals surface area contributed by atoms with E-state index in [4.69, 9.17) is 0 Å². The maximum atomic E-state index is 12.7. The monoisotopic (exact) mass is 465 g/mol. The second-order valence-electron chi connectivity index (χ2n) is 6.24. The van der Waals surface area contributed by atoms with Crippen molar-refractivity contribution in [2.45, 2.75) is 6.54 Å². The Morgan fingerprint density at radius 2 is 1.55 bits per heavy atom. The van der Waals surface area contributed by atoms with Gasteiger partial charge in [0.05, 0.1) is 33.6 Å². The third-order valence-corrected chi connectivity index (χ3v) is 6.00. The fraction of sp³-hybridized carbons (Fsp3) is 0.0455. The molecule has 0 saturated heterocycles. The number of benzene rings is 3. The van der Waals surface area contributed by atoms with Gasteiger partial charge in [-0.25, -0.2) is 4.98 Å². The van der Waals surface area contributed by atoms with Gasteiger partial charge in [-0.1, -0.05) is 36.4 Å². The Hall–Kier alpha value is -3.03. The number of hydrogen-bond donors (Lipinski definition) is 2. The molecule has 0 aliphatic carbocycles. The lowest BCUT2D eigenvalue weighted by atomic mass is 10.1. The molecule has 0 bridgehead atoms. The highest BCUT2D eigenvalue weighted by Crippen LogP contribution is 2.22. The number of aromatic nitrogens is 1. The molecule has 0 saturated carbocycles. The lowest BCUT2D eigenvalue weighted by Crippen LogP contribution is -2.24. The van der Waals surface area contributed by atoms with Crippen molar-refractivity contribution in [3.05, 3.63) is 93.4 Å². The van der Waals surface area contributed by atoms with Crippen molar-refractivity contribution >= 4 is 55.0 Å². The van der Waals surface area contributed by atoms with Crippen LogP contribution in [-0.2, 0) is 6.54 Å². The molecule has 0 fully saturated rings. The molecule has 0 atom stereocenters. The van der Waals surface area contributed by atoms with Gasteiger partial charge in [-0.05, 0) is 52.3 Å². The minimum absolute atomic E-state index is 0.271. The van der Waals surface area contributed by atoms with Gasteiger partial charge in [0.25, 0.3) is 11.8 Å². The summed E-state index contributed by atoms with van der Waals surface area (Å²) >= 11 is 4.92. The number of fused-ring (bicyclic) bond motifs is 1. The first-order valence-electron chi connectivity index (χ1n) is 8.89. The van der Waals surface area contributed by atoms with Crippen molar-refractivity contribution in [2.75, 3.05) is 5.32 Å². The largest absolute Gasteiger partial charge is 0.345 e. The second-order valence-corrected chi connectivity index (χ2v) is 8.21. The highest BCUT2D eigenvalue weighted by atomic mass is 79.9. The number of nitrogens with zero attached hydrogens (tertiary/aromatic N) is 1. The van der Waals surface area contributed by atoms with Crippen LogP contribution in [0.2, 0.25) is 0 Å². The molecule has 1 heterocycles. The molecule has 2 amide bonds. The van der Waals surface area contributed by atoms with Gasteiger partial charge in [0, 0.05) is 4.47 Å². The number of thiazole rings is 1. The van der Waals surface area contributed by atoms with Gasteiger partial charge < -0.3 is 10.6 Å². The minimum Gasteiger partial charge on any atom is -0.345 e. The van der Waals surface area contributed by atoms with Crippen LogP contribution in [0.1, 0.15) is 25.7 Å². The number of carbonyl (C=O) groups excluding carboxylic acids is 2. The predicted octanol–water partition coefficient (Wildman–Crippen LogP) is 5.24. The normalized spacial score (nSPS) is 10.7. The van der Waals surface area contributed by atoms with E-state index in [1.54, 1.807) is 53.8 Å². The first-order chi connectivity index (χ1) is 14.1. The number of carbonyl (C=O) groups is 2. The highest BCUT2D eigenvalue weighted by molar-refractivity contribution is 9.10. The van der Waals surface area contributed by atoms with E-state index in [1.807, 2.05) is 30.3 Å². The van der Waals surface area contributed by atoms with Crippen molar-refractivity contribution in [3.8, 4) is 0 Å². The SMILES string of the molecule is O=C(Nc1ccccc1C(=O)NCc1nc2ccccc2s1)c1ccccc1Br. The van der Waals surface area contributed by atoms with E-state index in [0.717, 1.165) is 15.2 Å². The average Bonchev–Trinajstić information content (AvgIpc) is 3.16. The Morgan fingerprint density at radius 1 is 0.862 bits per heavy atom. The Balaban J connectivity index is 1.49. The maximum absolute atomic E-state index is 12.7. The topological polar surface area (TPSA) is 71.1 Å². The van der Waals surface area contributed by atoms with Crippen LogP contribution in [0.3, 0.4) is 0 Å². The molecule has 29 heavy (non-hydrogen) atoms. The van der Waals surface area contributed by atoms with Gasteiger partial charge in [0.15, 0.2) is 0 Å². The van der Waals surface area contributed by atoms with Gasteiger partial charge in [0.1, 0.15) is 5.01 Å². The summed E-state index contributed by atoms with van der Waals surface area (Å²) in [6.07, 6.45) is 0. The van der Waals surface area contributed by atoms with Crippen LogP contribution < -0.4 is 10.6 Å². The molecule has 2 N–H and O–H groups in total. The average molecular weight is 466 g/mol. The van der Waals surface area contributed by atoms with Crippen molar-refractivity contribution in [3.63, 3.8) is 0 Å². The first kappa shape index (κ1) is 19.3. The molecule has 4 rings (SSSR count). The van der Waals surface area contributed by atoms with Crippen molar-refractivity contribution in [2.24, 2.45) is 0 Å². The number of para-hydroxylation sites is 2. The zero-order valence-electron chi connectivity index (χ0n) is 15.2. The summed E-state index contributed by atoms with van der Waals surface area (Å²) in [5.74, 6) is -0.559. The maximum Gasteiger partial charge on any atom is 0.256 e. The highest BCUT2D eigenvalue weighted by Gasteiger charge is 2.16. The molecule has 7 heteroatoms. The van der Waals surface area contributed by atoms with Gasteiger partial charge in [-0.15, -0.1) is 11.3 Å². The van der Waals surface area contributed by atoms with Crippen molar-refractivity contribution in [1.82, 2.24) is 10.3 Å². The lowest BCUT2D eigenvalue weighted by molar-refractivity contribution is 0.0951. The number of nitrogens with one attached hydrogen (secondary N) is 2. The lowest BCUT2D eigenvalue weighted by Gasteiger charge is -2.11. The van der Waals surface area contributed by atoms with E-state index in [-0.39, 0.29) is 11.8 Å². The second kappa shape index (κ2) is 8.55. The molecule has 3 aromatic carbocycles. The third-order valence-electron chi connectivity index (χ3n) is 4.28.